The molecule has 1 unspecified atom stereocenters. The van der Waals surface area contributed by atoms with Crippen molar-refractivity contribution < 1.29 is 41.0 Å². The first-order chi connectivity index (χ1) is 15.5. The van der Waals surface area contributed by atoms with E-state index in [9.17, 15) is 21.6 Å². The van der Waals surface area contributed by atoms with E-state index in [-0.39, 0.29) is 11.4 Å². The molecule has 12 heteroatoms. The second-order valence-electron chi connectivity index (χ2n) is 8.08. The maximum absolute atomic E-state index is 12.3. The summed E-state index contributed by atoms with van der Waals surface area (Å²) in [5.41, 5.74) is 0.784. The minimum atomic E-state index is -5.08. The summed E-state index contributed by atoms with van der Waals surface area (Å²) in [4.78, 5) is 13.2. The topological polar surface area (TPSA) is 106 Å². The highest BCUT2D eigenvalue weighted by Crippen LogP contribution is 2.42. The third-order valence-electron chi connectivity index (χ3n) is 5.85. The fraction of sp³-hybridized carbons (Fsp3) is 0.714. The third kappa shape index (κ3) is 8.20. The Kier molecular flexibility index (Phi) is 10.1. The number of pyridine rings is 1. The van der Waals surface area contributed by atoms with Crippen LogP contribution in [0.3, 0.4) is 0 Å². The van der Waals surface area contributed by atoms with Crippen LogP contribution in [-0.4, -0.2) is 72.6 Å². The Morgan fingerprint density at radius 3 is 2.55 bits per heavy atom. The number of halogens is 3. The summed E-state index contributed by atoms with van der Waals surface area (Å²) in [6, 6.07) is 5.83. The van der Waals surface area contributed by atoms with Gasteiger partial charge in [0.05, 0.1) is 23.7 Å². The van der Waals surface area contributed by atoms with Crippen molar-refractivity contribution >= 4 is 16.0 Å². The lowest BCUT2D eigenvalue weighted by Crippen LogP contribution is -2.50. The SMILES string of the molecule is CCCS(=O)(=O)N1CCC2(CC1)OCCC2CCOCc1ccccn1.O=C(O)C(F)(F)F. The molecule has 2 fully saturated rings. The van der Waals surface area contributed by atoms with Gasteiger partial charge in [0, 0.05) is 32.5 Å². The van der Waals surface area contributed by atoms with Crippen LogP contribution in [0.25, 0.3) is 0 Å². The Morgan fingerprint density at radius 1 is 1.33 bits per heavy atom. The van der Waals surface area contributed by atoms with Crippen LogP contribution < -0.4 is 0 Å². The van der Waals surface area contributed by atoms with E-state index >= 15 is 0 Å². The van der Waals surface area contributed by atoms with Crippen LogP contribution in [0.4, 0.5) is 13.2 Å². The van der Waals surface area contributed by atoms with Crippen LogP contribution in [0.1, 0.15) is 44.7 Å². The summed E-state index contributed by atoms with van der Waals surface area (Å²) in [7, 11) is -3.10. The summed E-state index contributed by atoms with van der Waals surface area (Å²) >= 11 is 0. The molecule has 0 radical (unpaired) electrons. The van der Waals surface area contributed by atoms with Crippen molar-refractivity contribution in [2.45, 2.75) is 57.4 Å². The predicted octanol–water partition coefficient (Wildman–Crippen LogP) is 3.23. The summed E-state index contributed by atoms with van der Waals surface area (Å²) in [5.74, 6) is -2.07. The van der Waals surface area contributed by atoms with Crippen molar-refractivity contribution in [1.29, 1.82) is 0 Å². The number of carboxylic acid groups (broad SMARTS) is 1. The van der Waals surface area contributed by atoms with Crippen molar-refractivity contribution in [3.63, 3.8) is 0 Å². The number of aromatic nitrogens is 1. The van der Waals surface area contributed by atoms with E-state index < -0.39 is 22.2 Å². The number of sulfonamides is 1. The van der Waals surface area contributed by atoms with Crippen molar-refractivity contribution in [3.05, 3.63) is 30.1 Å². The van der Waals surface area contributed by atoms with Gasteiger partial charge in [-0.3, -0.25) is 4.98 Å². The van der Waals surface area contributed by atoms with E-state index in [2.05, 4.69) is 4.98 Å². The first kappa shape index (κ1) is 27.5. The monoisotopic (exact) mass is 496 g/mol. The van der Waals surface area contributed by atoms with Gasteiger partial charge >= 0.3 is 12.1 Å². The zero-order chi connectivity index (χ0) is 24.5. The van der Waals surface area contributed by atoms with Gasteiger partial charge in [-0.2, -0.15) is 13.2 Å². The molecular weight excluding hydrogens is 465 g/mol. The number of piperidine rings is 1. The second-order valence-corrected chi connectivity index (χ2v) is 10.2. The van der Waals surface area contributed by atoms with Crippen molar-refractivity contribution in [3.8, 4) is 0 Å². The molecule has 0 bridgehead atoms. The molecule has 1 aromatic heterocycles. The predicted molar refractivity (Wildman–Crippen MR) is 114 cm³/mol. The normalized spacial score (nSPS) is 20.9. The summed E-state index contributed by atoms with van der Waals surface area (Å²) < 4.78 is 69.9. The second kappa shape index (κ2) is 12.1. The molecular formula is C21H31F3N2O6S. The van der Waals surface area contributed by atoms with E-state index in [0.717, 1.165) is 38.0 Å². The molecule has 8 nitrogen and oxygen atoms in total. The average molecular weight is 497 g/mol. The maximum Gasteiger partial charge on any atom is 0.490 e. The zero-order valence-electron chi connectivity index (χ0n) is 18.6. The number of nitrogens with zero attached hydrogens (tertiary/aromatic N) is 2. The Balaban J connectivity index is 0.000000479. The highest BCUT2D eigenvalue weighted by Gasteiger charge is 2.47. The molecule has 1 spiro atoms. The van der Waals surface area contributed by atoms with E-state index in [1.165, 1.54) is 0 Å². The van der Waals surface area contributed by atoms with Crippen molar-refractivity contribution in [1.82, 2.24) is 9.29 Å². The largest absolute Gasteiger partial charge is 0.490 e. The number of aliphatic carboxylic acids is 1. The summed E-state index contributed by atoms with van der Waals surface area (Å²) in [5, 5.41) is 7.12. The fourth-order valence-electron chi connectivity index (χ4n) is 4.16. The zero-order valence-corrected chi connectivity index (χ0v) is 19.4. The number of hydrogen-bond acceptors (Lipinski definition) is 6. The van der Waals surface area contributed by atoms with E-state index in [0.29, 0.717) is 38.6 Å². The Hall–Kier alpha value is -1.76. The lowest BCUT2D eigenvalue weighted by molar-refractivity contribution is -0.192. The third-order valence-corrected chi connectivity index (χ3v) is 7.93. The number of rotatable bonds is 8. The van der Waals surface area contributed by atoms with Gasteiger partial charge in [-0.1, -0.05) is 13.0 Å². The van der Waals surface area contributed by atoms with E-state index in [1.54, 1.807) is 10.5 Å². The Labute approximate surface area is 192 Å². The molecule has 33 heavy (non-hydrogen) atoms. The molecule has 0 aliphatic carbocycles. The molecule has 0 amide bonds. The Morgan fingerprint density at radius 2 is 2.00 bits per heavy atom. The molecule has 1 aromatic rings. The molecule has 0 aromatic carbocycles. The molecule has 2 saturated heterocycles. The van der Waals surface area contributed by atoms with Crippen LogP contribution in [0, 0.1) is 5.92 Å². The fourth-order valence-corrected chi connectivity index (χ4v) is 5.67. The molecule has 3 rings (SSSR count). The number of ether oxygens (including phenoxy) is 2. The number of carbonyl (C=O) groups is 1. The minimum absolute atomic E-state index is 0.160. The highest BCUT2D eigenvalue weighted by molar-refractivity contribution is 7.89. The molecule has 188 valence electrons. The summed E-state index contributed by atoms with van der Waals surface area (Å²) in [6.07, 6.45) is 0.931. The first-order valence-electron chi connectivity index (χ1n) is 10.9. The lowest BCUT2D eigenvalue weighted by Gasteiger charge is -2.41. The molecule has 1 atom stereocenters. The molecule has 2 aliphatic rings. The van der Waals surface area contributed by atoms with Crippen LogP contribution in [0.2, 0.25) is 0 Å². The molecule has 1 N–H and O–H groups in total. The van der Waals surface area contributed by atoms with Gasteiger partial charge in [0.25, 0.3) is 0 Å². The number of hydrogen-bond donors (Lipinski definition) is 1. The van der Waals surface area contributed by atoms with Crippen LogP contribution in [0.15, 0.2) is 24.4 Å². The number of carboxylic acids is 1. The van der Waals surface area contributed by atoms with Gasteiger partial charge in [0.1, 0.15) is 0 Å². The van der Waals surface area contributed by atoms with Gasteiger partial charge < -0.3 is 14.6 Å². The molecule has 3 heterocycles. The van der Waals surface area contributed by atoms with Crippen molar-refractivity contribution in [2.75, 3.05) is 32.1 Å². The number of alkyl halides is 3. The average Bonchev–Trinajstić information content (AvgIpc) is 3.13. The van der Waals surface area contributed by atoms with Crippen LogP contribution >= 0.6 is 0 Å². The van der Waals surface area contributed by atoms with E-state index in [4.69, 9.17) is 19.4 Å². The van der Waals surface area contributed by atoms with E-state index in [1.807, 2.05) is 25.1 Å². The Bertz CT molecular complexity index is 843. The molecule has 2 aliphatic heterocycles. The van der Waals surface area contributed by atoms with Gasteiger partial charge in [-0.15, -0.1) is 0 Å². The van der Waals surface area contributed by atoms with Crippen molar-refractivity contribution in [2.24, 2.45) is 5.92 Å². The first-order valence-corrected chi connectivity index (χ1v) is 12.5. The highest BCUT2D eigenvalue weighted by atomic mass is 32.2. The van der Waals surface area contributed by atoms with Gasteiger partial charge in [-0.25, -0.2) is 17.5 Å². The van der Waals surface area contributed by atoms with Crippen LogP contribution in [0.5, 0.6) is 0 Å². The smallest absolute Gasteiger partial charge is 0.475 e. The maximum atomic E-state index is 12.3. The molecule has 0 saturated carbocycles. The lowest BCUT2D eigenvalue weighted by atomic mass is 9.78. The van der Waals surface area contributed by atoms with Gasteiger partial charge in [0.15, 0.2) is 0 Å². The van der Waals surface area contributed by atoms with Crippen LogP contribution in [-0.2, 0) is 30.9 Å². The minimum Gasteiger partial charge on any atom is -0.475 e. The quantitative estimate of drug-likeness (QED) is 0.551. The standard InChI is InChI=1S/C19H30N2O4S.C2HF3O2/c1-2-15-26(22,23)21-11-8-19(9-12-21)17(7-14-25-19)6-13-24-16-18-5-3-4-10-20-18;3-2(4,5)1(6)7/h3-5,10,17H,2,6-9,11-16H2,1H3;(H,6,7). The van der Waals surface area contributed by atoms with Gasteiger partial charge in [0.2, 0.25) is 10.0 Å². The van der Waals surface area contributed by atoms with Gasteiger partial charge in [-0.05, 0) is 50.2 Å². The summed E-state index contributed by atoms with van der Waals surface area (Å²) in [6.45, 7) is 5.05.